The van der Waals surface area contributed by atoms with Crippen molar-refractivity contribution in [3.05, 3.63) is 0 Å². The van der Waals surface area contributed by atoms with Crippen molar-refractivity contribution in [3.8, 4) is 0 Å². The second-order valence-electron chi connectivity index (χ2n) is 3.36. The summed E-state index contributed by atoms with van der Waals surface area (Å²) < 4.78 is 0. The van der Waals surface area contributed by atoms with Crippen LogP contribution < -0.4 is 5.73 Å². The van der Waals surface area contributed by atoms with Crippen LogP contribution in [0, 0.1) is 0 Å². The highest BCUT2D eigenvalue weighted by Crippen LogP contribution is 2.07. The molecule has 0 amide bonds. The van der Waals surface area contributed by atoms with Crippen LogP contribution in [0.5, 0.6) is 0 Å². The van der Waals surface area contributed by atoms with Gasteiger partial charge in [-0.2, -0.15) is 0 Å². The number of hydrogen-bond donors (Lipinski definition) is 1. The fourth-order valence-electron chi connectivity index (χ4n) is 1.23. The molecule has 0 bridgehead atoms. The van der Waals surface area contributed by atoms with E-state index >= 15 is 0 Å². The van der Waals surface area contributed by atoms with Gasteiger partial charge in [-0.1, -0.05) is 45.4 Å². The van der Waals surface area contributed by atoms with E-state index in [-0.39, 0.29) is 6.04 Å². The average Bonchev–Trinajstić information content (AvgIpc) is 2.10. The summed E-state index contributed by atoms with van der Waals surface area (Å²) in [7, 11) is 0. The second-order valence-corrected chi connectivity index (χ2v) is 3.36. The number of hydrogen-bond acceptors (Lipinski definition) is 2. The molecule has 1 unspecified atom stereocenters. The SMILES string of the molecule is CCCCCCCCC(N)C=O. The summed E-state index contributed by atoms with van der Waals surface area (Å²) in [4.78, 5) is 10.1. The summed E-state index contributed by atoms with van der Waals surface area (Å²) in [6.45, 7) is 2.21. The number of aldehydes is 1. The molecule has 0 aromatic rings. The van der Waals surface area contributed by atoms with E-state index in [1.165, 1.54) is 32.1 Å². The van der Waals surface area contributed by atoms with E-state index in [0.717, 1.165) is 19.1 Å². The molecule has 0 rings (SSSR count). The van der Waals surface area contributed by atoms with E-state index < -0.39 is 0 Å². The predicted molar refractivity (Wildman–Crippen MR) is 52.0 cm³/mol. The lowest BCUT2D eigenvalue weighted by molar-refractivity contribution is -0.109. The normalized spacial score (nSPS) is 12.8. The van der Waals surface area contributed by atoms with Crippen molar-refractivity contribution in [2.75, 3.05) is 0 Å². The number of carbonyl (C=O) groups is 1. The molecule has 2 N–H and O–H groups in total. The Morgan fingerprint density at radius 1 is 1.17 bits per heavy atom. The molecule has 2 nitrogen and oxygen atoms in total. The van der Waals surface area contributed by atoms with Crippen LogP contribution in [0.4, 0.5) is 0 Å². The van der Waals surface area contributed by atoms with Crippen molar-refractivity contribution >= 4 is 6.29 Å². The molecule has 0 aliphatic carbocycles. The highest BCUT2D eigenvalue weighted by atomic mass is 16.1. The maximum atomic E-state index is 10.1. The highest BCUT2D eigenvalue weighted by molar-refractivity contribution is 5.56. The third kappa shape index (κ3) is 7.73. The van der Waals surface area contributed by atoms with Crippen molar-refractivity contribution < 1.29 is 4.79 Å². The summed E-state index contributed by atoms with van der Waals surface area (Å²) in [5.74, 6) is 0. The van der Waals surface area contributed by atoms with Gasteiger partial charge in [0, 0.05) is 0 Å². The summed E-state index contributed by atoms with van der Waals surface area (Å²) >= 11 is 0. The minimum Gasteiger partial charge on any atom is -0.322 e. The van der Waals surface area contributed by atoms with Crippen LogP contribution in [0.15, 0.2) is 0 Å². The Morgan fingerprint density at radius 2 is 1.75 bits per heavy atom. The lowest BCUT2D eigenvalue weighted by atomic mass is 10.1. The standard InChI is InChI=1S/C10H21NO/c1-2-3-4-5-6-7-8-10(11)9-12/h9-10H,2-8,11H2,1H3. The van der Waals surface area contributed by atoms with Crippen molar-refractivity contribution in [2.45, 2.75) is 57.9 Å². The molecule has 0 saturated heterocycles. The topological polar surface area (TPSA) is 43.1 Å². The van der Waals surface area contributed by atoms with Gasteiger partial charge in [0.25, 0.3) is 0 Å². The monoisotopic (exact) mass is 171 g/mol. The van der Waals surface area contributed by atoms with E-state index in [1.54, 1.807) is 0 Å². The maximum absolute atomic E-state index is 10.1. The molecular formula is C10H21NO. The molecule has 72 valence electrons. The largest absolute Gasteiger partial charge is 0.322 e. The lowest BCUT2D eigenvalue weighted by Crippen LogP contribution is -2.20. The highest BCUT2D eigenvalue weighted by Gasteiger charge is 1.98. The number of carbonyl (C=O) groups excluding carboxylic acids is 1. The summed E-state index contributed by atoms with van der Waals surface area (Å²) in [5, 5.41) is 0. The van der Waals surface area contributed by atoms with Crippen LogP contribution in [-0.2, 0) is 4.79 Å². The maximum Gasteiger partial charge on any atom is 0.136 e. The Hall–Kier alpha value is -0.370. The van der Waals surface area contributed by atoms with Crippen LogP contribution in [0.25, 0.3) is 0 Å². The van der Waals surface area contributed by atoms with Gasteiger partial charge in [-0.25, -0.2) is 0 Å². The van der Waals surface area contributed by atoms with Crippen LogP contribution in [0.1, 0.15) is 51.9 Å². The van der Waals surface area contributed by atoms with E-state index in [9.17, 15) is 4.79 Å². The van der Waals surface area contributed by atoms with Gasteiger partial charge in [-0.15, -0.1) is 0 Å². The first-order valence-corrected chi connectivity index (χ1v) is 5.02. The summed E-state index contributed by atoms with van der Waals surface area (Å²) in [6.07, 6.45) is 9.26. The number of nitrogens with two attached hydrogens (primary N) is 1. The minimum atomic E-state index is -0.226. The minimum absolute atomic E-state index is 0.226. The molecule has 1 atom stereocenters. The zero-order valence-corrected chi connectivity index (χ0v) is 8.09. The van der Waals surface area contributed by atoms with E-state index in [2.05, 4.69) is 6.92 Å². The Kier molecular flexibility index (Phi) is 8.46. The lowest BCUT2D eigenvalue weighted by Gasteiger charge is -2.02. The molecule has 0 radical (unpaired) electrons. The zero-order valence-electron chi connectivity index (χ0n) is 8.09. The van der Waals surface area contributed by atoms with Crippen LogP contribution in [-0.4, -0.2) is 12.3 Å². The van der Waals surface area contributed by atoms with Crippen molar-refractivity contribution in [3.63, 3.8) is 0 Å². The molecule has 0 aliphatic rings. The van der Waals surface area contributed by atoms with Crippen LogP contribution >= 0.6 is 0 Å². The quantitative estimate of drug-likeness (QED) is 0.449. The smallest absolute Gasteiger partial charge is 0.136 e. The average molecular weight is 171 g/mol. The zero-order chi connectivity index (χ0) is 9.23. The van der Waals surface area contributed by atoms with Crippen LogP contribution in [0.3, 0.4) is 0 Å². The molecule has 0 aliphatic heterocycles. The molecule has 0 heterocycles. The number of unbranched alkanes of at least 4 members (excludes halogenated alkanes) is 5. The first kappa shape index (κ1) is 11.6. The van der Waals surface area contributed by atoms with Gasteiger partial charge < -0.3 is 10.5 Å². The fourth-order valence-corrected chi connectivity index (χ4v) is 1.23. The van der Waals surface area contributed by atoms with E-state index in [1.807, 2.05) is 0 Å². The molecule has 2 heteroatoms. The fraction of sp³-hybridized carbons (Fsp3) is 0.900. The molecule has 0 spiro atoms. The molecular weight excluding hydrogens is 150 g/mol. The molecule has 0 aromatic heterocycles. The number of rotatable bonds is 8. The first-order valence-electron chi connectivity index (χ1n) is 5.02. The van der Waals surface area contributed by atoms with E-state index in [0.29, 0.717) is 0 Å². The van der Waals surface area contributed by atoms with Crippen LogP contribution in [0.2, 0.25) is 0 Å². The third-order valence-corrected chi connectivity index (χ3v) is 2.07. The summed E-state index contributed by atoms with van der Waals surface area (Å²) in [6, 6.07) is -0.226. The first-order chi connectivity index (χ1) is 5.81. The van der Waals surface area contributed by atoms with E-state index in [4.69, 9.17) is 5.73 Å². The van der Waals surface area contributed by atoms with Crippen molar-refractivity contribution in [1.29, 1.82) is 0 Å². The van der Waals surface area contributed by atoms with Gasteiger partial charge in [0.2, 0.25) is 0 Å². The molecule has 12 heavy (non-hydrogen) atoms. The molecule has 0 aromatic carbocycles. The third-order valence-electron chi connectivity index (χ3n) is 2.07. The Bertz CT molecular complexity index is 104. The Morgan fingerprint density at radius 3 is 2.33 bits per heavy atom. The van der Waals surface area contributed by atoms with Gasteiger partial charge in [0.15, 0.2) is 0 Å². The van der Waals surface area contributed by atoms with Gasteiger partial charge in [0.05, 0.1) is 6.04 Å². The van der Waals surface area contributed by atoms with Crippen molar-refractivity contribution in [2.24, 2.45) is 5.73 Å². The predicted octanol–water partition coefficient (Wildman–Crippen LogP) is 2.26. The van der Waals surface area contributed by atoms with Gasteiger partial charge in [-0.05, 0) is 6.42 Å². The molecule has 0 fully saturated rings. The molecule has 0 saturated carbocycles. The Balaban J connectivity index is 2.95. The van der Waals surface area contributed by atoms with Gasteiger partial charge >= 0.3 is 0 Å². The van der Waals surface area contributed by atoms with Gasteiger partial charge in [-0.3, -0.25) is 0 Å². The summed E-state index contributed by atoms with van der Waals surface area (Å²) in [5.41, 5.74) is 5.45. The van der Waals surface area contributed by atoms with Crippen molar-refractivity contribution in [1.82, 2.24) is 0 Å². The van der Waals surface area contributed by atoms with Gasteiger partial charge in [0.1, 0.15) is 6.29 Å². The second kappa shape index (κ2) is 8.72. The Labute approximate surface area is 75.5 Å².